The Bertz CT molecular complexity index is 219. The molecular weight excluding hydrogens is 218 g/mol. The Morgan fingerprint density at radius 3 is 2.76 bits per heavy atom. The molecule has 2 aliphatic rings. The fourth-order valence-corrected chi connectivity index (χ4v) is 3.06. The second-order valence-electron chi connectivity index (χ2n) is 5.47. The van der Waals surface area contributed by atoms with Crippen LogP contribution in [0, 0.1) is 5.92 Å². The molecular formula is C13H25NO3. The number of hydrogen-bond donors (Lipinski definition) is 2. The summed E-state index contributed by atoms with van der Waals surface area (Å²) in [5.74, 6) is 0.736. The van der Waals surface area contributed by atoms with Gasteiger partial charge < -0.3 is 14.9 Å². The van der Waals surface area contributed by atoms with Gasteiger partial charge in [0.15, 0.2) is 0 Å². The van der Waals surface area contributed by atoms with Gasteiger partial charge in [0.1, 0.15) is 0 Å². The SMILES string of the molecule is OCC1CN(CC(O)CC2CCCC2)CCO1. The van der Waals surface area contributed by atoms with Gasteiger partial charge in [-0.25, -0.2) is 0 Å². The molecule has 1 saturated heterocycles. The van der Waals surface area contributed by atoms with Crippen molar-refractivity contribution in [2.45, 2.75) is 44.3 Å². The summed E-state index contributed by atoms with van der Waals surface area (Å²) in [6, 6.07) is 0. The minimum absolute atomic E-state index is 0.0672. The van der Waals surface area contributed by atoms with Gasteiger partial charge in [-0.3, -0.25) is 4.90 Å². The first kappa shape index (κ1) is 13.3. The molecule has 2 atom stereocenters. The first-order valence-corrected chi connectivity index (χ1v) is 6.91. The minimum atomic E-state index is -0.212. The highest BCUT2D eigenvalue weighted by atomic mass is 16.5. The van der Waals surface area contributed by atoms with Crippen LogP contribution in [-0.4, -0.2) is 60.2 Å². The van der Waals surface area contributed by atoms with Gasteiger partial charge in [-0.2, -0.15) is 0 Å². The molecule has 0 aromatic heterocycles. The van der Waals surface area contributed by atoms with Crippen LogP contribution in [0.1, 0.15) is 32.1 Å². The van der Waals surface area contributed by atoms with Crippen LogP contribution in [0.4, 0.5) is 0 Å². The van der Waals surface area contributed by atoms with Gasteiger partial charge in [-0.05, 0) is 12.3 Å². The molecule has 0 aromatic carbocycles. The van der Waals surface area contributed by atoms with E-state index in [0.717, 1.165) is 32.0 Å². The number of morpholine rings is 1. The Morgan fingerprint density at radius 2 is 2.06 bits per heavy atom. The molecule has 4 heteroatoms. The molecule has 2 rings (SSSR count). The van der Waals surface area contributed by atoms with Crippen LogP contribution in [0.5, 0.6) is 0 Å². The molecule has 100 valence electrons. The summed E-state index contributed by atoms with van der Waals surface area (Å²) in [4.78, 5) is 2.21. The van der Waals surface area contributed by atoms with E-state index >= 15 is 0 Å². The molecule has 1 aliphatic carbocycles. The fourth-order valence-electron chi connectivity index (χ4n) is 3.06. The smallest absolute Gasteiger partial charge is 0.0932 e. The summed E-state index contributed by atoms with van der Waals surface area (Å²) < 4.78 is 5.40. The highest BCUT2D eigenvalue weighted by Gasteiger charge is 2.24. The van der Waals surface area contributed by atoms with Crippen LogP contribution in [0.3, 0.4) is 0 Å². The third-order valence-corrected chi connectivity index (χ3v) is 3.98. The van der Waals surface area contributed by atoms with Crippen molar-refractivity contribution >= 4 is 0 Å². The molecule has 17 heavy (non-hydrogen) atoms. The molecule has 1 heterocycles. The van der Waals surface area contributed by atoms with Gasteiger partial charge in [0.05, 0.1) is 25.4 Å². The zero-order chi connectivity index (χ0) is 12.1. The highest BCUT2D eigenvalue weighted by Crippen LogP contribution is 2.28. The molecule has 0 radical (unpaired) electrons. The van der Waals surface area contributed by atoms with E-state index in [9.17, 15) is 5.11 Å². The molecule has 2 N–H and O–H groups in total. The maximum atomic E-state index is 10.1. The number of hydrogen-bond acceptors (Lipinski definition) is 4. The Labute approximate surface area is 104 Å². The summed E-state index contributed by atoms with van der Waals surface area (Å²) in [6.45, 7) is 3.10. The molecule has 1 saturated carbocycles. The van der Waals surface area contributed by atoms with Crippen LogP contribution >= 0.6 is 0 Å². The topological polar surface area (TPSA) is 52.9 Å². The van der Waals surface area contributed by atoms with Crippen molar-refractivity contribution in [2.75, 3.05) is 32.8 Å². The molecule has 1 aliphatic heterocycles. The first-order valence-electron chi connectivity index (χ1n) is 6.91. The quantitative estimate of drug-likeness (QED) is 0.743. The van der Waals surface area contributed by atoms with Crippen molar-refractivity contribution in [1.29, 1.82) is 0 Å². The van der Waals surface area contributed by atoms with Crippen LogP contribution in [0.25, 0.3) is 0 Å². The summed E-state index contributed by atoms with van der Waals surface area (Å²) >= 11 is 0. The third-order valence-electron chi connectivity index (χ3n) is 3.98. The predicted molar refractivity (Wildman–Crippen MR) is 65.8 cm³/mol. The summed E-state index contributed by atoms with van der Waals surface area (Å²) in [6.07, 6.45) is 5.92. The van der Waals surface area contributed by atoms with E-state index in [2.05, 4.69) is 4.90 Å². The van der Waals surface area contributed by atoms with E-state index in [1.54, 1.807) is 0 Å². The predicted octanol–water partition coefficient (Wildman–Crippen LogP) is 0.621. The van der Waals surface area contributed by atoms with Crippen molar-refractivity contribution in [3.63, 3.8) is 0 Å². The largest absolute Gasteiger partial charge is 0.394 e. The van der Waals surface area contributed by atoms with Gasteiger partial charge >= 0.3 is 0 Å². The van der Waals surface area contributed by atoms with Crippen LogP contribution in [0.15, 0.2) is 0 Å². The molecule has 0 bridgehead atoms. The van der Waals surface area contributed by atoms with E-state index in [1.807, 2.05) is 0 Å². The average molecular weight is 243 g/mol. The lowest BCUT2D eigenvalue weighted by Gasteiger charge is -2.33. The number of nitrogens with zero attached hydrogens (tertiary/aromatic N) is 1. The van der Waals surface area contributed by atoms with E-state index < -0.39 is 0 Å². The van der Waals surface area contributed by atoms with Crippen LogP contribution in [0.2, 0.25) is 0 Å². The molecule has 2 unspecified atom stereocenters. The number of β-amino-alcohol motifs (C(OH)–C–C–N with tert-alkyl or cyclic N) is 1. The van der Waals surface area contributed by atoms with E-state index in [4.69, 9.17) is 9.84 Å². The lowest BCUT2D eigenvalue weighted by atomic mass is 9.99. The maximum Gasteiger partial charge on any atom is 0.0932 e. The Balaban J connectivity index is 1.68. The highest BCUT2D eigenvalue weighted by molar-refractivity contribution is 4.76. The standard InChI is InChI=1S/C13H25NO3/c15-10-13-9-14(5-6-17-13)8-12(16)7-11-3-1-2-4-11/h11-13,15-16H,1-10H2. The zero-order valence-corrected chi connectivity index (χ0v) is 10.6. The van der Waals surface area contributed by atoms with Crippen LogP contribution in [-0.2, 0) is 4.74 Å². The fraction of sp³-hybridized carbons (Fsp3) is 1.00. The average Bonchev–Trinajstić information content (AvgIpc) is 2.82. The van der Waals surface area contributed by atoms with Crippen LogP contribution < -0.4 is 0 Å². The normalized spacial score (nSPS) is 29.6. The molecule has 0 spiro atoms. The van der Waals surface area contributed by atoms with Crippen molar-refractivity contribution in [3.8, 4) is 0 Å². The zero-order valence-electron chi connectivity index (χ0n) is 10.6. The molecule has 0 aromatic rings. The van der Waals surface area contributed by atoms with Crippen molar-refractivity contribution in [2.24, 2.45) is 5.92 Å². The minimum Gasteiger partial charge on any atom is -0.394 e. The molecule has 0 amide bonds. The van der Waals surface area contributed by atoms with E-state index in [0.29, 0.717) is 6.61 Å². The molecule has 2 fully saturated rings. The Hall–Kier alpha value is -0.160. The van der Waals surface area contributed by atoms with Crippen molar-refractivity contribution in [1.82, 2.24) is 4.90 Å². The summed E-state index contributed by atoms with van der Waals surface area (Å²) in [5.41, 5.74) is 0. The monoisotopic (exact) mass is 243 g/mol. The van der Waals surface area contributed by atoms with Gasteiger partial charge in [0, 0.05) is 19.6 Å². The van der Waals surface area contributed by atoms with Gasteiger partial charge in [-0.1, -0.05) is 25.7 Å². The first-order chi connectivity index (χ1) is 8.28. The third kappa shape index (κ3) is 4.21. The number of rotatable bonds is 5. The van der Waals surface area contributed by atoms with E-state index in [-0.39, 0.29) is 18.8 Å². The lowest BCUT2D eigenvalue weighted by Crippen LogP contribution is -2.46. The Morgan fingerprint density at radius 1 is 1.29 bits per heavy atom. The lowest BCUT2D eigenvalue weighted by molar-refractivity contribution is -0.0628. The number of aliphatic hydroxyl groups is 2. The van der Waals surface area contributed by atoms with Gasteiger partial charge in [0.25, 0.3) is 0 Å². The second-order valence-corrected chi connectivity index (χ2v) is 5.47. The number of ether oxygens (including phenoxy) is 1. The Kier molecular flexibility index (Phi) is 5.22. The van der Waals surface area contributed by atoms with Crippen molar-refractivity contribution in [3.05, 3.63) is 0 Å². The maximum absolute atomic E-state index is 10.1. The van der Waals surface area contributed by atoms with Crippen molar-refractivity contribution < 1.29 is 14.9 Å². The van der Waals surface area contributed by atoms with Gasteiger partial charge in [0.2, 0.25) is 0 Å². The molecule has 4 nitrogen and oxygen atoms in total. The number of aliphatic hydroxyl groups excluding tert-OH is 2. The van der Waals surface area contributed by atoms with Gasteiger partial charge in [-0.15, -0.1) is 0 Å². The van der Waals surface area contributed by atoms with E-state index in [1.165, 1.54) is 25.7 Å². The summed E-state index contributed by atoms with van der Waals surface area (Å²) in [5, 5.41) is 19.1. The summed E-state index contributed by atoms with van der Waals surface area (Å²) in [7, 11) is 0. The second kappa shape index (κ2) is 6.69.